The van der Waals surface area contributed by atoms with Crippen molar-refractivity contribution >= 4 is 44.1 Å². The van der Waals surface area contributed by atoms with Crippen LogP contribution in [-0.2, 0) is 0 Å². The van der Waals surface area contributed by atoms with E-state index in [1.807, 2.05) is 36.4 Å². The molecule has 0 radical (unpaired) electrons. The highest BCUT2D eigenvalue weighted by atomic mass is 15.2. The summed E-state index contributed by atoms with van der Waals surface area (Å²) in [6.45, 7) is 0. The Morgan fingerprint density at radius 2 is 0.926 bits per heavy atom. The normalized spacial score (nSPS) is 13.1. The maximum atomic E-state index is 5.32. The Balaban J connectivity index is 1.17. The number of rotatable bonds is 6. The lowest BCUT2D eigenvalue weighted by molar-refractivity contribution is 0.756. The molecule has 54 heavy (non-hydrogen) atoms. The fourth-order valence-electron chi connectivity index (χ4n) is 7.63. The van der Waals surface area contributed by atoms with E-state index in [9.17, 15) is 0 Å². The molecule has 0 unspecified atom stereocenters. The van der Waals surface area contributed by atoms with E-state index in [0.717, 1.165) is 67.0 Å². The van der Waals surface area contributed by atoms with Crippen molar-refractivity contribution in [1.29, 1.82) is 0 Å². The number of pyridine rings is 1. The van der Waals surface area contributed by atoms with E-state index >= 15 is 0 Å². The van der Waals surface area contributed by atoms with E-state index in [0.29, 0.717) is 0 Å². The maximum Gasteiger partial charge on any atom is 0.169 e. The lowest BCUT2D eigenvalue weighted by Gasteiger charge is -2.23. The van der Waals surface area contributed by atoms with Crippen LogP contribution in [0.1, 0.15) is 22.9 Å². The highest BCUT2D eigenvalue weighted by Gasteiger charge is 2.23. The first kappa shape index (κ1) is 31.6. The zero-order valence-corrected chi connectivity index (χ0v) is 29.4. The van der Waals surface area contributed by atoms with Crippen molar-refractivity contribution in [3.8, 4) is 33.5 Å². The number of amidine groups is 2. The summed E-state index contributed by atoms with van der Waals surface area (Å²) in [5.74, 6) is 1.57. The molecule has 254 valence electrons. The summed E-state index contributed by atoms with van der Waals surface area (Å²) in [6.07, 6.45) is -0.489. The van der Waals surface area contributed by atoms with Crippen molar-refractivity contribution in [2.75, 3.05) is 0 Å². The third kappa shape index (κ3) is 5.80. The van der Waals surface area contributed by atoms with Gasteiger partial charge in [0.25, 0.3) is 0 Å². The molecular formula is C50H34N4. The maximum absolute atomic E-state index is 5.32. The first-order valence-corrected chi connectivity index (χ1v) is 18.3. The molecule has 4 heteroatoms. The van der Waals surface area contributed by atoms with Crippen LogP contribution in [0.25, 0.3) is 66.0 Å². The van der Waals surface area contributed by atoms with Gasteiger partial charge in [-0.1, -0.05) is 170 Å². The van der Waals surface area contributed by atoms with E-state index in [1.165, 1.54) is 27.3 Å². The number of hydrogen-bond donors (Lipinski definition) is 1. The van der Waals surface area contributed by atoms with Crippen LogP contribution in [0.4, 0.5) is 0 Å². The van der Waals surface area contributed by atoms with Crippen LogP contribution in [0.5, 0.6) is 0 Å². The van der Waals surface area contributed by atoms with Crippen molar-refractivity contribution in [3.63, 3.8) is 0 Å². The van der Waals surface area contributed by atoms with Crippen LogP contribution in [0.3, 0.4) is 0 Å². The van der Waals surface area contributed by atoms with E-state index in [-0.39, 0.29) is 0 Å². The summed E-state index contributed by atoms with van der Waals surface area (Å²) in [4.78, 5) is 15.8. The monoisotopic (exact) mass is 690 g/mol. The summed E-state index contributed by atoms with van der Waals surface area (Å²) in [5.41, 5.74) is 10.5. The highest BCUT2D eigenvalue weighted by Crippen LogP contribution is 2.38. The molecule has 0 aliphatic carbocycles. The standard InChI is InChI=1S/C50H34N4/c1-3-15-36(16-4-1)48-52-49(37-17-5-2-6-18-37)54-50(53-48)40-31-38(33-26-28-35(29-27-33)42-24-13-19-34-14-7-8-20-41(34)42)30-39(32-40)47-45-23-10-9-21-43(45)44-22-11-12-25-46(44)51-47/h1-32,50H,(H,52,53,54). The Morgan fingerprint density at radius 1 is 0.370 bits per heavy atom. The van der Waals surface area contributed by atoms with Crippen LogP contribution in [0, 0.1) is 0 Å². The molecule has 0 saturated heterocycles. The second-order valence-electron chi connectivity index (χ2n) is 13.7. The second-order valence-corrected chi connectivity index (χ2v) is 13.7. The molecule has 0 bridgehead atoms. The molecule has 1 N–H and O–H groups in total. The Hall–Kier alpha value is -7.17. The van der Waals surface area contributed by atoms with Gasteiger partial charge in [0.2, 0.25) is 0 Å². The smallest absolute Gasteiger partial charge is 0.169 e. The molecule has 10 rings (SSSR count). The van der Waals surface area contributed by atoms with Crippen molar-refractivity contribution in [2.45, 2.75) is 6.17 Å². The van der Waals surface area contributed by atoms with Crippen molar-refractivity contribution in [3.05, 3.63) is 211 Å². The summed E-state index contributed by atoms with van der Waals surface area (Å²) in [5, 5.41) is 9.46. The molecule has 0 atom stereocenters. The first-order valence-electron chi connectivity index (χ1n) is 18.3. The number of nitrogens with zero attached hydrogens (tertiary/aromatic N) is 3. The number of nitrogens with one attached hydrogen (secondary N) is 1. The van der Waals surface area contributed by atoms with E-state index in [4.69, 9.17) is 15.0 Å². The van der Waals surface area contributed by atoms with Crippen LogP contribution < -0.4 is 5.32 Å². The van der Waals surface area contributed by atoms with Gasteiger partial charge in [0.1, 0.15) is 11.7 Å². The van der Waals surface area contributed by atoms with Crippen molar-refractivity contribution in [2.24, 2.45) is 9.98 Å². The molecule has 0 spiro atoms. The van der Waals surface area contributed by atoms with Gasteiger partial charge in [0, 0.05) is 27.5 Å². The Bertz CT molecular complexity index is 2830. The Kier molecular flexibility index (Phi) is 7.85. The molecule has 1 aliphatic heterocycles. The SMILES string of the molecule is c1ccc(C2=NC(c3cc(-c4ccc(-c5cccc6ccccc56)cc4)cc(-c4nc5ccccc5c5ccccc45)c3)N=C(c3ccccc3)N2)cc1. The van der Waals surface area contributed by atoms with Gasteiger partial charge in [0.05, 0.1) is 11.2 Å². The third-order valence-corrected chi connectivity index (χ3v) is 10.3. The highest BCUT2D eigenvalue weighted by molar-refractivity contribution is 6.16. The van der Waals surface area contributed by atoms with Gasteiger partial charge in [0.15, 0.2) is 6.17 Å². The molecule has 1 aromatic heterocycles. The topological polar surface area (TPSA) is 49.6 Å². The number of fused-ring (bicyclic) bond motifs is 4. The van der Waals surface area contributed by atoms with Gasteiger partial charge < -0.3 is 5.32 Å². The minimum atomic E-state index is -0.489. The second kappa shape index (κ2) is 13.4. The average Bonchev–Trinajstić information content (AvgIpc) is 3.26. The van der Waals surface area contributed by atoms with Crippen LogP contribution in [0.15, 0.2) is 204 Å². The summed E-state index contributed by atoms with van der Waals surface area (Å²) in [7, 11) is 0. The minimum absolute atomic E-state index is 0.489. The molecule has 0 amide bonds. The van der Waals surface area contributed by atoms with E-state index in [1.54, 1.807) is 0 Å². The molecule has 0 saturated carbocycles. The molecule has 8 aromatic carbocycles. The van der Waals surface area contributed by atoms with Gasteiger partial charge in [-0.25, -0.2) is 15.0 Å². The van der Waals surface area contributed by atoms with Crippen LogP contribution in [0.2, 0.25) is 0 Å². The molecule has 2 heterocycles. The molecule has 1 aliphatic rings. The van der Waals surface area contributed by atoms with Gasteiger partial charge in [-0.3, -0.25) is 0 Å². The third-order valence-electron chi connectivity index (χ3n) is 10.3. The molecular weight excluding hydrogens is 657 g/mol. The number of aromatic nitrogens is 1. The fourth-order valence-corrected chi connectivity index (χ4v) is 7.63. The van der Waals surface area contributed by atoms with Gasteiger partial charge in [-0.2, -0.15) is 0 Å². The van der Waals surface area contributed by atoms with Crippen molar-refractivity contribution in [1.82, 2.24) is 10.3 Å². The number of para-hydroxylation sites is 1. The van der Waals surface area contributed by atoms with E-state index in [2.05, 4.69) is 163 Å². The molecule has 4 nitrogen and oxygen atoms in total. The number of hydrogen-bond acceptors (Lipinski definition) is 4. The number of benzene rings is 8. The van der Waals surface area contributed by atoms with Crippen LogP contribution >= 0.6 is 0 Å². The lowest BCUT2D eigenvalue weighted by Crippen LogP contribution is -2.36. The predicted molar refractivity (Wildman–Crippen MR) is 225 cm³/mol. The number of aliphatic imine (C=N–C) groups is 2. The summed E-state index contributed by atoms with van der Waals surface area (Å²) in [6, 6.07) is 68.3. The Labute approximate surface area is 313 Å². The summed E-state index contributed by atoms with van der Waals surface area (Å²) >= 11 is 0. The fraction of sp³-hybridized carbons (Fsp3) is 0.0200. The first-order chi connectivity index (χ1) is 26.7. The van der Waals surface area contributed by atoms with Gasteiger partial charge >= 0.3 is 0 Å². The molecule has 9 aromatic rings. The zero-order chi connectivity index (χ0) is 35.8. The largest absolute Gasteiger partial charge is 0.324 e. The van der Waals surface area contributed by atoms with Crippen LogP contribution in [-0.4, -0.2) is 16.7 Å². The average molecular weight is 691 g/mol. The minimum Gasteiger partial charge on any atom is -0.324 e. The molecule has 0 fully saturated rings. The Morgan fingerprint density at radius 3 is 1.65 bits per heavy atom. The van der Waals surface area contributed by atoms with Crippen molar-refractivity contribution < 1.29 is 0 Å². The lowest BCUT2D eigenvalue weighted by atomic mass is 9.92. The predicted octanol–water partition coefficient (Wildman–Crippen LogP) is 12.0. The zero-order valence-electron chi connectivity index (χ0n) is 29.4. The summed E-state index contributed by atoms with van der Waals surface area (Å²) < 4.78 is 0. The van der Waals surface area contributed by atoms with Gasteiger partial charge in [-0.05, 0) is 68.2 Å². The van der Waals surface area contributed by atoms with E-state index < -0.39 is 6.17 Å². The quantitative estimate of drug-likeness (QED) is 0.177. The van der Waals surface area contributed by atoms with Gasteiger partial charge in [-0.15, -0.1) is 0 Å².